The molecular weight excluding hydrogens is 424 g/mol. The summed E-state index contributed by atoms with van der Waals surface area (Å²) < 4.78 is 28.4. The third-order valence-electron chi connectivity index (χ3n) is 5.38. The van der Waals surface area contributed by atoms with Crippen LogP contribution in [0.25, 0.3) is 0 Å². The Morgan fingerprint density at radius 1 is 1.09 bits per heavy atom. The summed E-state index contributed by atoms with van der Waals surface area (Å²) >= 11 is 0. The lowest BCUT2D eigenvalue weighted by atomic mass is 9.99. The number of aryl methyl sites for hydroxylation is 2. The van der Waals surface area contributed by atoms with Gasteiger partial charge in [-0.25, -0.2) is 13.4 Å². The molecule has 0 radical (unpaired) electrons. The maximum absolute atomic E-state index is 13.1. The first-order valence-electron chi connectivity index (χ1n) is 10.3. The molecule has 1 aliphatic rings. The van der Waals surface area contributed by atoms with Gasteiger partial charge in [0.2, 0.25) is 5.91 Å². The molecule has 1 aliphatic heterocycles. The maximum atomic E-state index is 13.1. The molecule has 0 aliphatic carbocycles. The van der Waals surface area contributed by atoms with Crippen molar-refractivity contribution in [1.29, 1.82) is 5.26 Å². The van der Waals surface area contributed by atoms with Gasteiger partial charge in [0, 0.05) is 19.2 Å². The first-order chi connectivity index (χ1) is 15.5. The van der Waals surface area contributed by atoms with Crippen LogP contribution in [-0.4, -0.2) is 25.9 Å². The molecule has 0 spiro atoms. The van der Waals surface area contributed by atoms with E-state index in [9.17, 15) is 13.2 Å². The molecule has 1 N–H and O–H groups in total. The van der Waals surface area contributed by atoms with E-state index in [1.807, 2.05) is 12.1 Å². The van der Waals surface area contributed by atoms with Gasteiger partial charge in [-0.15, -0.1) is 0 Å². The van der Waals surface area contributed by atoms with Crippen LogP contribution in [-0.2, 0) is 27.7 Å². The highest BCUT2D eigenvalue weighted by Crippen LogP contribution is 2.36. The van der Waals surface area contributed by atoms with Crippen molar-refractivity contribution in [1.82, 2.24) is 4.98 Å². The normalized spacial score (nSPS) is 13.2. The van der Waals surface area contributed by atoms with Crippen LogP contribution in [0.4, 0.5) is 11.4 Å². The third-order valence-corrected chi connectivity index (χ3v) is 6.76. The first-order valence-corrected chi connectivity index (χ1v) is 11.8. The Morgan fingerprint density at radius 3 is 2.62 bits per heavy atom. The van der Waals surface area contributed by atoms with Crippen molar-refractivity contribution < 1.29 is 13.2 Å². The zero-order valence-electron chi connectivity index (χ0n) is 17.4. The highest BCUT2D eigenvalue weighted by atomic mass is 32.2. The molecule has 162 valence electrons. The number of pyridine rings is 1. The Kier molecular flexibility index (Phi) is 6.19. The van der Waals surface area contributed by atoms with Gasteiger partial charge in [-0.3, -0.25) is 9.52 Å². The molecule has 0 saturated heterocycles. The standard InChI is InChI=1S/C24H22N4O3S/c25-16-20-13-11-18(17-26-20)12-14-23(29)28-15-5-7-19-6-4-10-22(24(19)28)27-32(30,31)21-8-2-1-3-9-21/h1-4,6,8-11,13,17,27H,5,7,12,14-15H2. The molecule has 0 saturated carbocycles. The largest absolute Gasteiger partial charge is 0.310 e. The summed E-state index contributed by atoms with van der Waals surface area (Å²) in [5.41, 5.74) is 3.17. The number of hydrogen-bond acceptors (Lipinski definition) is 5. The lowest BCUT2D eigenvalue weighted by Gasteiger charge is -2.32. The summed E-state index contributed by atoms with van der Waals surface area (Å²) in [7, 11) is -3.78. The number of nitriles is 1. The molecule has 2 heterocycles. The van der Waals surface area contributed by atoms with Crippen LogP contribution in [0.5, 0.6) is 0 Å². The zero-order chi connectivity index (χ0) is 22.6. The average Bonchev–Trinajstić information content (AvgIpc) is 2.83. The van der Waals surface area contributed by atoms with Gasteiger partial charge in [0.25, 0.3) is 10.0 Å². The van der Waals surface area contributed by atoms with E-state index in [0.717, 1.165) is 24.0 Å². The molecule has 0 fully saturated rings. The predicted octanol–water partition coefficient (Wildman–Crippen LogP) is 3.67. The number of nitrogens with zero attached hydrogens (tertiary/aromatic N) is 3. The number of fused-ring (bicyclic) bond motifs is 1. The minimum absolute atomic E-state index is 0.0818. The smallest absolute Gasteiger partial charge is 0.261 e. The molecule has 1 aromatic heterocycles. The second-order valence-electron chi connectivity index (χ2n) is 7.54. The summed E-state index contributed by atoms with van der Waals surface area (Å²) in [6.07, 6.45) is 3.94. The van der Waals surface area contributed by atoms with Crippen LogP contribution in [0.15, 0.2) is 71.8 Å². The van der Waals surface area contributed by atoms with Gasteiger partial charge < -0.3 is 4.90 Å². The Morgan fingerprint density at radius 2 is 1.91 bits per heavy atom. The van der Waals surface area contributed by atoms with Gasteiger partial charge in [0.1, 0.15) is 11.8 Å². The van der Waals surface area contributed by atoms with Crippen LogP contribution in [0.3, 0.4) is 0 Å². The zero-order valence-corrected chi connectivity index (χ0v) is 18.2. The second-order valence-corrected chi connectivity index (χ2v) is 9.23. The van der Waals surface area contributed by atoms with Crippen molar-refractivity contribution >= 4 is 27.3 Å². The van der Waals surface area contributed by atoms with Gasteiger partial charge in [-0.05, 0) is 54.7 Å². The van der Waals surface area contributed by atoms with Crippen molar-refractivity contribution in [2.24, 2.45) is 0 Å². The van der Waals surface area contributed by atoms with Gasteiger partial charge in [-0.1, -0.05) is 36.4 Å². The summed E-state index contributed by atoms with van der Waals surface area (Å²) in [4.78, 5) is 19.0. The molecule has 7 nitrogen and oxygen atoms in total. The number of carbonyl (C=O) groups excluding carboxylic acids is 1. The van der Waals surface area contributed by atoms with Crippen molar-refractivity contribution in [2.45, 2.75) is 30.6 Å². The predicted molar refractivity (Wildman–Crippen MR) is 122 cm³/mol. The van der Waals surface area contributed by atoms with Crippen LogP contribution in [0, 0.1) is 11.3 Å². The number of benzene rings is 2. The van der Waals surface area contributed by atoms with Gasteiger partial charge in [0.15, 0.2) is 0 Å². The van der Waals surface area contributed by atoms with E-state index in [-0.39, 0.29) is 17.2 Å². The van der Waals surface area contributed by atoms with Crippen LogP contribution >= 0.6 is 0 Å². The van der Waals surface area contributed by atoms with E-state index < -0.39 is 10.0 Å². The fraction of sp³-hybridized carbons (Fsp3) is 0.208. The number of nitrogens with one attached hydrogen (secondary N) is 1. The van der Waals surface area contributed by atoms with E-state index >= 15 is 0 Å². The quantitative estimate of drug-likeness (QED) is 0.622. The summed E-state index contributed by atoms with van der Waals surface area (Å²) in [6.45, 7) is 0.529. The number of sulfonamides is 1. The molecular formula is C24H22N4O3S. The van der Waals surface area contributed by atoms with E-state index in [2.05, 4.69) is 9.71 Å². The number of para-hydroxylation sites is 1. The summed E-state index contributed by atoms with van der Waals surface area (Å²) in [5, 5.41) is 8.87. The van der Waals surface area contributed by atoms with Crippen LogP contribution in [0.1, 0.15) is 29.7 Å². The van der Waals surface area contributed by atoms with E-state index in [1.165, 1.54) is 12.1 Å². The molecule has 0 atom stereocenters. The Bertz CT molecular complexity index is 1270. The Balaban J connectivity index is 1.57. The lowest BCUT2D eigenvalue weighted by Crippen LogP contribution is -2.36. The van der Waals surface area contributed by atoms with E-state index in [1.54, 1.807) is 53.6 Å². The van der Waals surface area contributed by atoms with Crippen LogP contribution in [0.2, 0.25) is 0 Å². The molecule has 0 bridgehead atoms. The molecule has 8 heteroatoms. The minimum Gasteiger partial charge on any atom is -0.310 e. The minimum atomic E-state index is -3.78. The SMILES string of the molecule is N#Cc1ccc(CCC(=O)N2CCCc3cccc(NS(=O)(=O)c4ccccc4)c32)cn1. The van der Waals surface area contributed by atoms with E-state index in [4.69, 9.17) is 5.26 Å². The Labute approximate surface area is 187 Å². The first kappa shape index (κ1) is 21.5. The van der Waals surface area contributed by atoms with Crippen LogP contribution < -0.4 is 9.62 Å². The number of anilines is 2. The van der Waals surface area contributed by atoms with Crippen molar-refractivity contribution in [3.63, 3.8) is 0 Å². The number of amides is 1. The number of carbonyl (C=O) groups is 1. The number of rotatable bonds is 6. The van der Waals surface area contributed by atoms with Gasteiger partial charge >= 0.3 is 0 Å². The van der Waals surface area contributed by atoms with Gasteiger partial charge in [-0.2, -0.15) is 5.26 Å². The lowest BCUT2D eigenvalue weighted by molar-refractivity contribution is -0.118. The number of aromatic nitrogens is 1. The third kappa shape index (κ3) is 4.63. The number of hydrogen-bond donors (Lipinski definition) is 1. The highest BCUT2D eigenvalue weighted by Gasteiger charge is 2.27. The molecule has 1 amide bonds. The average molecular weight is 447 g/mol. The Hall–Kier alpha value is -3.70. The maximum Gasteiger partial charge on any atom is 0.261 e. The second kappa shape index (κ2) is 9.20. The summed E-state index contributed by atoms with van der Waals surface area (Å²) in [6, 6.07) is 19.0. The highest BCUT2D eigenvalue weighted by molar-refractivity contribution is 7.92. The molecule has 2 aromatic carbocycles. The molecule has 32 heavy (non-hydrogen) atoms. The molecule has 4 rings (SSSR count). The van der Waals surface area contributed by atoms with Crippen molar-refractivity contribution in [3.05, 3.63) is 83.7 Å². The van der Waals surface area contributed by atoms with Crippen molar-refractivity contribution in [3.8, 4) is 6.07 Å². The van der Waals surface area contributed by atoms with E-state index in [0.29, 0.717) is 30.0 Å². The molecule has 3 aromatic rings. The fourth-order valence-corrected chi connectivity index (χ4v) is 4.90. The van der Waals surface area contributed by atoms with Crippen molar-refractivity contribution in [2.75, 3.05) is 16.2 Å². The molecule has 0 unspecified atom stereocenters. The fourth-order valence-electron chi connectivity index (χ4n) is 3.81. The monoisotopic (exact) mass is 446 g/mol. The van der Waals surface area contributed by atoms with Gasteiger partial charge in [0.05, 0.1) is 16.3 Å². The summed E-state index contributed by atoms with van der Waals surface area (Å²) in [5.74, 6) is -0.0818. The topological polar surface area (TPSA) is 103 Å².